The van der Waals surface area contributed by atoms with Gasteiger partial charge in [0, 0.05) is 23.5 Å². The van der Waals surface area contributed by atoms with Gasteiger partial charge in [-0.2, -0.15) is 0 Å². The zero-order chi connectivity index (χ0) is 75.4. The number of rotatable bonds is 13. The Balaban J connectivity index is 0.000000114. The van der Waals surface area contributed by atoms with Crippen LogP contribution >= 0.6 is 0 Å². The van der Waals surface area contributed by atoms with Crippen LogP contribution in [0.15, 0.2) is 215 Å². The van der Waals surface area contributed by atoms with Gasteiger partial charge in [-0.15, -0.1) is 0 Å². The predicted molar refractivity (Wildman–Crippen MR) is 406 cm³/mol. The number of aromatic hydroxyl groups is 1. The number of phenols is 1. The van der Waals surface area contributed by atoms with E-state index in [-0.39, 0.29) is 35.8 Å². The minimum atomic E-state index is -1.53. The van der Waals surface area contributed by atoms with Crippen molar-refractivity contribution in [2.45, 2.75) is 40.9 Å². The number of para-hydroxylation sites is 3. The van der Waals surface area contributed by atoms with E-state index < -0.39 is 17.5 Å². The monoisotopic (exact) mass is 1450 g/mol. The van der Waals surface area contributed by atoms with Crippen molar-refractivity contribution in [2.75, 3.05) is 27.9 Å². The quantitative estimate of drug-likeness (QED) is 0.0484. The minimum absolute atomic E-state index is 0.0000744. The molecular weight excluding hydrogens is 1380 g/mol. The number of nitrogens with zero attached hydrogens (tertiary/aromatic N) is 9. The summed E-state index contributed by atoms with van der Waals surface area (Å²) < 4.78 is 71.0. The third-order valence-corrected chi connectivity index (χ3v) is 16.6. The van der Waals surface area contributed by atoms with Crippen LogP contribution in [0.4, 0.5) is 13.2 Å². The van der Waals surface area contributed by atoms with Gasteiger partial charge in [0.2, 0.25) is 5.88 Å². The molecule has 27 heteroatoms. The molecule has 0 spiro atoms. The summed E-state index contributed by atoms with van der Waals surface area (Å²) in [4.78, 5) is 58.4. The van der Waals surface area contributed by atoms with Crippen molar-refractivity contribution >= 4 is 66.2 Å². The lowest BCUT2D eigenvalue weighted by molar-refractivity contribution is 0.282. The maximum absolute atomic E-state index is 13.4. The van der Waals surface area contributed by atoms with Gasteiger partial charge in [-0.3, -0.25) is 0 Å². The molecule has 0 atom stereocenters. The summed E-state index contributed by atoms with van der Waals surface area (Å²) in [5.41, 5.74) is 16.3. The number of ether oxygens (including phenoxy) is 4. The fraction of sp³-hybridized carbons (Fsp3) is 0.123. The number of aryl methyl sites for hydroxylation is 3. The molecule has 544 valence electrons. The third kappa shape index (κ3) is 16.4. The number of H-pyrrole nitrogens is 6. The molecule has 0 aliphatic carbocycles. The second-order valence-electron chi connectivity index (χ2n) is 24.1. The number of aromatic amines is 6. The molecule has 0 saturated heterocycles. The first-order chi connectivity index (χ1) is 52.6. The maximum Gasteiger partial charge on any atom is 0.213 e. The van der Waals surface area contributed by atoms with Gasteiger partial charge in [0.05, 0.1) is 103 Å². The Morgan fingerprint density at radius 2 is 0.843 bits per heavy atom. The Bertz CT molecular complexity index is 6110. The number of furan rings is 2. The molecule has 0 bridgehead atoms. The number of fused-ring (bicyclic) bond motifs is 6. The molecule has 11 heterocycles. The van der Waals surface area contributed by atoms with Gasteiger partial charge in [-0.25, -0.2) is 58.0 Å². The van der Waals surface area contributed by atoms with Crippen molar-refractivity contribution < 1.29 is 56.3 Å². The van der Waals surface area contributed by atoms with E-state index in [0.29, 0.717) is 35.5 Å². The van der Waals surface area contributed by atoms with Crippen molar-refractivity contribution in [1.29, 1.82) is 0 Å². The van der Waals surface area contributed by atoms with Gasteiger partial charge in [0.25, 0.3) is 0 Å². The van der Waals surface area contributed by atoms with Crippen molar-refractivity contribution in [3.8, 4) is 98.0 Å². The molecule has 0 radical (unpaired) electrons. The molecule has 0 aliphatic rings. The molecule has 0 aliphatic heterocycles. The number of aliphatic hydroxyl groups excluding tert-OH is 2. The third-order valence-electron chi connectivity index (χ3n) is 16.6. The lowest BCUT2D eigenvalue weighted by atomic mass is 10.1. The minimum Gasteiger partial charge on any atom is -0.507 e. The maximum atomic E-state index is 13.4. The molecule has 0 saturated carbocycles. The average Bonchev–Trinajstić information content (AvgIpc) is 1.64. The van der Waals surface area contributed by atoms with E-state index in [4.69, 9.17) is 38.0 Å². The summed E-state index contributed by atoms with van der Waals surface area (Å²) in [7, 11) is 4.87. The second kappa shape index (κ2) is 32.8. The summed E-state index contributed by atoms with van der Waals surface area (Å²) in [6.45, 7) is 8.46. The standard InChI is InChI=1S/C15H14N2O2.C14H13N3O2.2C14H13N3O.C13H12N2O2.C11H5F3N2O/c1-9-2-4-11(14(19)6-9)15-16-12-5-3-10(8-18)7-13(12)17-15;1-18-11-7-3-5-9-13(11)17-14(16-9)10-6-4-8-12(15-10)19-2;1-9-5-3-7-11(15-9)14-16-10-6-4-8-12(18-2)13(10)17-14;1-9-3-2-4-12(15-9)14-16-11-6-5-10(8-18)7-13(11)17-14;1-2-16-10-6-3-5-9-12(10)15-13(14-9)11-7-4-8-17-11;12-5-4-6-10(9(14)8(5)13)16-11(15-6)7-2-1-3-17-7/h2-7,18-19H,8H2,1H3,(H,16,17);3-8H,1-2H3,(H,16,17);3-8H,1-2H3,(H,16,17);2-7,18H,8H2,1H3,(H,16,17);3-8H,2H2,1H3,(H,14,15);1-4H,(H,15,16). The Morgan fingerprint density at radius 3 is 1.34 bits per heavy atom. The van der Waals surface area contributed by atoms with Crippen molar-refractivity contribution in [1.82, 2.24) is 74.8 Å². The first-order valence-corrected chi connectivity index (χ1v) is 33.7. The topological polar surface area (TPSA) is 335 Å². The number of imidazole rings is 6. The highest BCUT2D eigenvalue weighted by molar-refractivity contribution is 5.87. The Morgan fingerprint density at radius 1 is 0.389 bits per heavy atom. The molecule has 18 rings (SSSR count). The van der Waals surface area contributed by atoms with Gasteiger partial charge in [-0.05, 0) is 172 Å². The molecule has 0 amide bonds. The summed E-state index contributed by atoms with van der Waals surface area (Å²) in [6, 6.07) is 59.2. The van der Waals surface area contributed by atoms with Crippen LogP contribution in [0.1, 0.15) is 35.0 Å². The van der Waals surface area contributed by atoms with Crippen LogP contribution in [0.2, 0.25) is 0 Å². The number of aliphatic hydroxyl groups is 2. The average molecular weight is 1450 g/mol. The molecule has 108 heavy (non-hydrogen) atoms. The van der Waals surface area contributed by atoms with Crippen LogP contribution in [0.25, 0.3) is 135 Å². The predicted octanol–water partition coefficient (Wildman–Crippen LogP) is 17.2. The number of pyridine rings is 3. The van der Waals surface area contributed by atoms with E-state index in [2.05, 4.69) is 74.8 Å². The SMILES string of the molecule is CCOc1cccc2[nH]c(-c3ccco3)nc12.COc1cccc(-c2nc3c(OC)cccc3[nH]2)n1.COc1cccc2[nH]c(-c3cccc(C)n3)nc12.Cc1ccc(-c2nc3ccc(CO)cc3[nH]2)c(O)c1.Cc1cccc(-c2nc3ccc(CO)cc3[nH]2)n1.Fc1cc2[nH]c(-c3ccco3)nc2c(F)c1F. The van der Waals surface area contributed by atoms with Crippen LogP contribution < -0.4 is 18.9 Å². The molecule has 0 unspecified atom stereocenters. The number of hydrogen-bond donors (Lipinski definition) is 9. The lowest BCUT2D eigenvalue weighted by Gasteiger charge is -2.01. The molecule has 7 aromatic carbocycles. The van der Waals surface area contributed by atoms with Gasteiger partial charge < -0.3 is 73.0 Å². The van der Waals surface area contributed by atoms with E-state index in [1.54, 1.807) is 51.9 Å². The molecular formula is C81H70F3N15O9. The second-order valence-corrected chi connectivity index (χ2v) is 24.1. The summed E-state index contributed by atoms with van der Waals surface area (Å²) >= 11 is 0. The Kier molecular flexibility index (Phi) is 22.0. The van der Waals surface area contributed by atoms with E-state index >= 15 is 0 Å². The lowest BCUT2D eigenvalue weighted by Crippen LogP contribution is -1.91. The number of benzene rings is 7. The largest absolute Gasteiger partial charge is 0.507 e. The van der Waals surface area contributed by atoms with Gasteiger partial charge in [0.1, 0.15) is 68.0 Å². The van der Waals surface area contributed by atoms with E-state index in [9.17, 15) is 18.3 Å². The fourth-order valence-electron chi connectivity index (χ4n) is 11.4. The van der Waals surface area contributed by atoms with Crippen molar-refractivity contribution in [2.24, 2.45) is 0 Å². The number of phenolic OH excluding ortho intramolecular Hbond substituents is 1. The number of nitrogens with one attached hydrogen (secondary N) is 6. The highest BCUT2D eigenvalue weighted by atomic mass is 19.2. The van der Waals surface area contributed by atoms with Gasteiger partial charge in [0.15, 0.2) is 58.1 Å². The molecule has 18 aromatic rings. The highest BCUT2D eigenvalue weighted by Crippen LogP contribution is 2.33. The zero-order valence-electron chi connectivity index (χ0n) is 59.2. The van der Waals surface area contributed by atoms with Crippen LogP contribution in [0, 0.1) is 38.2 Å². The van der Waals surface area contributed by atoms with Crippen LogP contribution in [0.3, 0.4) is 0 Å². The smallest absolute Gasteiger partial charge is 0.213 e. The number of halogens is 3. The normalized spacial score (nSPS) is 10.9. The summed E-state index contributed by atoms with van der Waals surface area (Å²) in [6.07, 6.45) is 3.05. The van der Waals surface area contributed by atoms with Crippen LogP contribution in [-0.4, -0.2) is 118 Å². The number of aromatic nitrogens is 15. The van der Waals surface area contributed by atoms with Gasteiger partial charge in [-0.1, -0.05) is 54.6 Å². The molecule has 9 N–H and O–H groups in total. The molecule has 11 aromatic heterocycles. The van der Waals surface area contributed by atoms with E-state index in [0.717, 1.165) is 147 Å². The molecule has 0 fully saturated rings. The number of methoxy groups -OCH3 is 3. The van der Waals surface area contributed by atoms with Crippen molar-refractivity contribution in [3.63, 3.8) is 0 Å². The Hall–Kier alpha value is -13.9. The highest BCUT2D eigenvalue weighted by Gasteiger charge is 2.20. The van der Waals surface area contributed by atoms with E-state index in [1.807, 2.05) is 191 Å². The first-order valence-electron chi connectivity index (χ1n) is 33.7. The first kappa shape index (κ1) is 72.4. The number of hydrogen-bond acceptors (Lipinski definition) is 18. The Labute approximate surface area is 613 Å². The van der Waals surface area contributed by atoms with Gasteiger partial charge >= 0.3 is 0 Å². The van der Waals surface area contributed by atoms with Crippen LogP contribution in [-0.2, 0) is 13.2 Å². The van der Waals surface area contributed by atoms with Crippen molar-refractivity contribution in [3.05, 3.63) is 252 Å². The van der Waals surface area contributed by atoms with Crippen LogP contribution in [0.5, 0.6) is 28.9 Å². The van der Waals surface area contributed by atoms with E-state index in [1.165, 1.54) is 6.26 Å². The zero-order valence-corrected chi connectivity index (χ0v) is 59.2. The fourth-order valence-corrected chi connectivity index (χ4v) is 11.4. The summed E-state index contributed by atoms with van der Waals surface area (Å²) in [5, 5.41) is 28.2. The molecule has 24 nitrogen and oxygen atoms in total. The summed E-state index contributed by atoms with van der Waals surface area (Å²) in [5.74, 6) is 3.82.